The Morgan fingerprint density at radius 3 is 2.44 bits per heavy atom. The number of rotatable bonds is 7. The molecule has 36 heavy (non-hydrogen) atoms. The van der Waals surface area contributed by atoms with Crippen LogP contribution in [-0.2, 0) is 11.2 Å². The number of hydrogen-bond acceptors (Lipinski definition) is 5. The first-order chi connectivity index (χ1) is 17.3. The van der Waals surface area contributed by atoms with Crippen LogP contribution < -0.4 is 14.4 Å². The predicted octanol–water partition coefficient (Wildman–Crippen LogP) is 6.31. The SMILES string of the molecule is CCCCOc1ccc2c(c1)CCC=C2c1ccc(N2CCN(C(=O)OC(C)(C)C)CC2)cc1OC. The smallest absolute Gasteiger partial charge is 0.410 e. The van der Waals surface area contributed by atoms with Crippen LogP contribution in [-0.4, -0.2) is 56.5 Å². The maximum atomic E-state index is 12.4. The van der Waals surface area contributed by atoms with Gasteiger partial charge in [-0.05, 0) is 81.0 Å². The molecule has 1 saturated heterocycles. The first-order valence-electron chi connectivity index (χ1n) is 13.2. The fourth-order valence-corrected chi connectivity index (χ4v) is 4.77. The molecule has 2 aromatic rings. The summed E-state index contributed by atoms with van der Waals surface area (Å²) in [7, 11) is 1.73. The molecule has 194 valence electrons. The first-order valence-corrected chi connectivity index (χ1v) is 13.2. The van der Waals surface area contributed by atoms with E-state index < -0.39 is 5.60 Å². The average Bonchev–Trinajstić information content (AvgIpc) is 2.87. The van der Waals surface area contributed by atoms with Gasteiger partial charge in [-0.2, -0.15) is 0 Å². The quantitative estimate of drug-likeness (QED) is 0.424. The number of carbonyl (C=O) groups is 1. The second-order valence-corrected chi connectivity index (χ2v) is 10.5. The third-order valence-corrected chi connectivity index (χ3v) is 6.67. The molecule has 1 aliphatic heterocycles. The van der Waals surface area contributed by atoms with Crippen molar-refractivity contribution in [1.29, 1.82) is 0 Å². The van der Waals surface area contributed by atoms with Crippen LogP contribution >= 0.6 is 0 Å². The zero-order chi connectivity index (χ0) is 25.7. The minimum atomic E-state index is -0.479. The lowest BCUT2D eigenvalue weighted by atomic mass is 9.86. The van der Waals surface area contributed by atoms with E-state index in [1.807, 2.05) is 20.8 Å². The number of unbranched alkanes of at least 4 members (excludes halogenated alkanes) is 1. The number of nitrogens with zero attached hydrogens (tertiary/aromatic N) is 2. The van der Waals surface area contributed by atoms with E-state index in [-0.39, 0.29) is 6.09 Å². The summed E-state index contributed by atoms with van der Waals surface area (Å²) in [5, 5.41) is 0. The molecule has 2 aromatic carbocycles. The topological polar surface area (TPSA) is 51.2 Å². The predicted molar refractivity (Wildman–Crippen MR) is 145 cm³/mol. The van der Waals surface area contributed by atoms with Crippen molar-refractivity contribution in [1.82, 2.24) is 4.90 Å². The highest BCUT2D eigenvalue weighted by atomic mass is 16.6. The Morgan fingerprint density at radius 1 is 1.00 bits per heavy atom. The van der Waals surface area contributed by atoms with Crippen LogP contribution in [0.2, 0.25) is 0 Å². The van der Waals surface area contributed by atoms with E-state index in [1.165, 1.54) is 16.7 Å². The molecule has 1 fully saturated rings. The van der Waals surface area contributed by atoms with Crippen molar-refractivity contribution in [2.75, 3.05) is 44.8 Å². The fourth-order valence-electron chi connectivity index (χ4n) is 4.77. The van der Waals surface area contributed by atoms with Gasteiger partial charge in [0.15, 0.2) is 0 Å². The van der Waals surface area contributed by atoms with Gasteiger partial charge in [0.25, 0.3) is 0 Å². The molecule has 2 aliphatic rings. The van der Waals surface area contributed by atoms with Crippen LogP contribution in [0.5, 0.6) is 11.5 Å². The van der Waals surface area contributed by atoms with Gasteiger partial charge in [-0.25, -0.2) is 4.79 Å². The second kappa shape index (κ2) is 11.3. The first kappa shape index (κ1) is 25.9. The number of methoxy groups -OCH3 is 1. The lowest BCUT2D eigenvalue weighted by Gasteiger charge is -2.37. The number of benzene rings is 2. The van der Waals surface area contributed by atoms with E-state index >= 15 is 0 Å². The van der Waals surface area contributed by atoms with Gasteiger partial charge in [-0.15, -0.1) is 0 Å². The molecule has 4 rings (SSSR count). The number of allylic oxidation sites excluding steroid dienone is 1. The van der Waals surface area contributed by atoms with Gasteiger partial charge in [0, 0.05) is 43.5 Å². The number of anilines is 1. The van der Waals surface area contributed by atoms with Crippen molar-refractivity contribution in [3.8, 4) is 11.5 Å². The van der Waals surface area contributed by atoms with Crippen molar-refractivity contribution in [3.05, 3.63) is 59.2 Å². The number of ether oxygens (including phenoxy) is 3. The summed E-state index contributed by atoms with van der Waals surface area (Å²) in [6, 6.07) is 12.9. The summed E-state index contributed by atoms with van der Waals surface area (Å²) in [5.74, 6) is 1.82. The lowest BCUT2D eigenvalue weighted by molar-refractivity contribution is 0.0240. The Kier molecular flexibility index (Phi) is 8.12. The molecule has 0 unspecified atom stereocenters. The van der Waals surface area contributed by atoms with Crippen molar-refractivity contribution in [2.24, 2.45) is 0 Å². The summed E-state index contributed by atoms with van der Waals surface area (Å²) >= 11 is 0. The second-order valence-electron chi connectivity index (χ2n) is 10.5. The van der Waals surface area contributed by atoms with Crippen molar-refractivity contribution < 1.29 is 19.0 Å². The number of hydrogen-bond donors (Lipinski definition) is 0. The summed E-state index contributed by atoms with van der Waals surface area (Å²) < 4.78 is 17.3. The van der Waals surface area contributed by atoms with Crippen LogP contribution in [0.25, 0.3) is 5.57 Å². The van der Waals surface area contributed by atoms with Gasteiger partial charge in [-0.1, -0.05) is 25.5 Å². The van der Waals surface area contributed by atoms with Gasteiger partial charge in [-0.3, -0.25) is 0 Å². The van der Waals surface area contributed by atoms with Crippen LogP contribution in [0.3, 0.4) is 0 Å². The largest absolute Gasteiger partial charge is 0.496 e. The minimum Gasteiger partial charge on any atom is -0.496 e. The Labute approximate surface area is 215 Å². The van der Waals surface area contributed by atoms with E-state index in [1.54, 1.807) is 12.0 Å². The minimum absolute atomic E-state index is 0.239. The van der Waals surface area contributed by atoms with Crippen molar-refractivity contribution in [3.63, 3.8) is 0 Å². The number of piperazine rings is 1. The maximum Gasteiger partial charge on any atom is 0.410 e. The van der Waals surface area contributed by atoms with Crippen LogP contribution in [0, 0.1) is 0 Å². The van der Waals surface area contributed by atoms with E-state index in [4.69, 9.17) is 14.2 Å². The van der Waals surface area contributed by atoms with Crippen LogP contribution in [0.15, 0.2) is 42.5 Å². The third kappa shape index (κ3) is 6.15. The fraction of sp³-hybridized carbons (Fsp3) is 0.500. The number of amides is 1. The molecule has 1 amide bonds. The highest BCUT2D eigenvalue weighted by molar-refractivity contribution is 5.86. The Morgan fingerprint density at radius 2 is 1.75 bits per heavy atom. The lowest BCUT2D eigenvalue weighted by Crippen LogP contribution is -2.50. The summed E-state index contributed by atoms with van der Waals surface area (Å²) in [6.07, 6.45) is 6.30. The molecule has 0 radical (unpaired) electrons. The Bertz CT molecular complexity index is 1090. The molecular weight excluding hydrogens is 452 g/mol. The molecule has 6 heteroatoms. The van der Waals surface area contributed by atoms with E-state index in [0.717, 1.165) is 68.1 Å². The molecular formula is C30H40N2O4. The third-order valence-electron chi connectivity index (χ3n) is 6.67. The number of carbonyl (C=O) groups excluding carboxylic acids is 1. The van der Waals surface area contributed by atoms with Crippen LogP contribution in [0.4, 0.5) is 10.5 Å². The highest BCUT2D eigenvalue weighted by Gasteiger charge is 2.26. The van der Waals surface area contributed by atoms with Gasteiger partial charge in [0.05, 0.1) is 13.7 Å². The Balaban J connectivity index is 1.48. The van der Waals surface area contributed by atoms with Gasteiger partial charge < -0.3 is 24.0 Å². The zero-order valence-corrected chi connectivity index (χ0v) is 22.4. The Hall–Kier alpha value is -3.15. The number of fused-ring (bicyclic) bond motifs is 1. The molecule has 6 nitrogen and oxygen atoms in total. The standard InChI is InChI=1S/C30H40N2O4/c1-6-7-19-35-24-12-14-25-22(20-24)9-8-10-26(25)27-13-11-23(21-28(27)34-5)31-15-17-32(18-16-31)29(33)36-30(2,3)4/h10-14,20-21H,6-9,15-19H2,1-5H3. The van der Waals surface area contributed by atoms with Gasteiger partial charge in [0.1, 0.15) is 17.1 Å². The summed E-state index contributed by atoms with van der Waals surface area (Å²) in [4.78, 5) is 16.5. The van der Waals surface area contributed by atoms with E-state index in [9.17, 15) is 4.79 Å². The normalized spacial score (nSPS) is 15.8. The van der Waals surface area contributed by atoms with E-state index in [0.29, 0.717) is 13.1 Å². The number of aryl methyl sites for hydroxylation is 1. The molecule has 0 bridgehead atoms. The van der Waals surface area contributed by atoms with Crippen molar-refractivity contribution >= 4 is 17.4 Å². The molecule has 1 heterocycles. The molecule has 0 saturated carbocycles. The van der Waals surface area contributed by atoms with Crippen LogP contribution in [0.1, 0.15) is 63.6 Å². The molecule has 0 aromatic heterocycles. The van der Waals surface area contributed by atoms with E-state index in [2.05, 4.69) is 54.3 Å². The zero-order valence-electron chi connectivity index (χ0n) is 22.4. The maximum absolute atomic E-state index is 12.4. The average molecular weight is 493 g/mol. The summed E-state index contributed by atoms with van der Waals surface area (Å²) in [5.41, 5.74) is 5.53. The summed E-state index contributed by atoms with van der Waals surface area (Å²) in [6.45, 7) is 11.4. The molecule has 0 atom stereocenters. The monoisotopic (exact) mass is 492 g/mol. The molecule has 0 N–H and O–H groups in total. The van der Waals surface area contributed by atoms with Gasteiger partial charge >= 0.3 is 6.09 Å². The molecule has 0 spiro atoms. The van der Waals surface area contributed by atoms with Crippen molar-refractivity contribution in [2.45, 2.75) is 59.0 Å². The highest BCUT2D eigenvalue weighted by Crippen LogP contribution is 2.39. The molecule has 1 aliphatic carbocycles. The van der Waals surface area contributed by atoms with Gasteiger partial charge in [0.2, 0.25) is 0 Å².